The molecule has 0 bridgehead atoms. The molecule has 0 N–H and O–H groups in total. The SMILES string of the molecule is CCc1c(C)c2ccc3c(c2oc1=O)CN(Cc1ccc(F)cc1)CO3. The van der Waals surface area contributed by atoms with Crippen LogP contribution in [-0.4, -0.2) is 11.6 Å². The molecule has 3 aromatic rings. The van der Waals surface area contributed by atoms with Gasteiger partial charge in [-0.2, -0.15) is 0 Å². The minimum Gasteiger partial charge on any atom is -0.478 e. The number of hydrogen-bond donors (Lipinski definition) is 0. The molecule has 5 heteroatoms. The number of aryl methyl sites for hydroxylation is 1. The molecule has 0 aliphatic carbocycles. The van der Waals surface area contributed by atoms with Crippen LogP contribution in [0.4, 0.5) is 4.39 Å². The van der Waals surface area contributed by atoms with Crippen molar-refractivity contribution >= 4 is 11.0 Å². The van der Waals surface area contributed by atoms with Gasteiger partial charge >= 0.3 is 5.63 Å². The van der Waals surface area contributed by atoms with Crippen LogP contribution >= 0.6 is 0 Å². The molecule has 1 aliphatic heterocycles. The van der Waals surface area contributed by atoms with E-state index < -0.39 is 0 Å². The molecule has 4 rings (SSSR count). The number of halogens is 1. The first-order chi connectivity index (χ1) is 12.6. The fraction of sp³-hybridized carbons (Fsp3) is 0.286. The van der Waals surface area contributed by atoms with Gasteiger partial charge in [0.2, 0.25) is 0 Å². The van der Waals surface area contributed by atoms with E-state index >= 15 is 0 Å². The van der Waals surface area contributed by atoms with E-state index in [2.05, 4.69) is 4.90 Å². The lowest BCUT2D eigenvalue weighted by atomic mass is 10.0. The van der Waals surface area contributed by atoms with Crippen molar-refractivity contribution in [2.45, 2.75) is 33.4 Å². The molecule has 1 aromatic heterocycles. The van der Waals surface area contributed by atoms with Gasteiger partial charge in [0.25, 0.3) is 0 Å². The van der Waals surface area contributed by atoms with Gasteiger partial charge in [0.1, 0.15) is 23.9 Å². The summed E-state index contributed by atoms with van der Waals surface area (Å²) in [6.45, 7) is 5.60. The second kappa shape index (κ2) is 6.57. The van der Waals surface area contributed by atoms with E-state index in [0.717, 1.165) is 33.4 Å². The quantitative estimate of drug-likeness (QED) is 0.663. The van der Waals surface area contributed by atoms with Gasteiger partial charge in [-0.1, -0.05) is 19.1 Å². The Hall–Kier alpha value is -2.66. The lowest BCUT2D eigenvalue weighted by Crippen LogP contribution is -2.31. The molecule has 1 aliphatic rings. The largest absolute Gasteiger partial charge is 0.478 e. The van der Waals surface area contributed by atoms with Crippen molar-refractivity contribution in [3.63, 3.8) is 0 Å². The van der Waals surface area contributed by atoms with Crippen molar-refractivity contribution in [1.29, 1.82) is 0 Å². The molecule has 0 saturated carbocycles. The van der Waals surface area contributed by atoms with Crippen LogP contribution in [0, 0.1) is 12.7 Å². The van der Waals surface area contributed by atoms with E-state index in [1.54, 1.807) is 12.1 Å². The summed E-state index contributed by atoms with van der Waals surface area (Å²) in [5.41, 5.74) is 3.91. The van der Waals surface area contributed by atoms with Gasteiger partial charge in [-0.05, 0) is 48.7 Å². The van der Waals surface area contributed by atoms with Crippen LogP contribution in [0.15, 0.2) is 45.6 Å². The standard InChI is InChI=1S/C21H20FNO3/c1-3-16-13(2)17-8-9-19-18(20(17)26-21(16)24)11-23(12-25-19)10-14-4-6-15(22)7-5-14/h4-9H,3,10-12H2,1-2H3. The Balaban J connectivity index is 1.72. The van der Waals surface area contributed by atoms with Gasteiger partial charge < -0.3 is 9.15 Å². The zero-order valence-electron chi connectivity index (χ0n) is 14.8. The number of benzene rings is 2. The van der Waals surface area contributed by atoms with Crippen molar-refractivity contribution in [2.24, 2.45) is 0 Å². The molecule has 0 spiro atoms. The fourth-order valence-electron chi connectivity index (χ4n) is 3.57. The first-order valence-corrected chi connectivity index (χ1v) is 8.74. The Morgan fingerprint density at radius 3 is 2.65 bits per heavy atom. The van der Waals surface area contributed by atoms with Crippen LogP contribution in [0.3, 0.4) is 0 Å². The van der Waals surface area contributed by atoms with Crippen molar-refractivity contribution in [3.05, 3.63) is 74.9 Å². The van der Waals surface area contributed by atoms with Gasteiger partial charge in [0.05, 0.1) is 5.56 Å². The molecule has 26 heavy (non-hydrogen) atoms. The summed E-state index contributed by atoms with van der Waals surface area (Å²) in [5, 5.41) is 0.951. The molecule has 2 heterocycles. The Morgan fingerprint density at radius 2 is 1.92 bits per heavy atom. The molecule has 0 amide bonds. The van der Waals surface area contributed by atoms with Crippen LogP contribution in [0.1, 0.15) is 29.2 Å². The van der Waals surface area contributed by atoms with Crippen LogP contribution in [0.5, 0.6) is 5.75 Å². The number of fused-ring (bicyclic) bond motifs is 3. The molecule has 0 atom stereocenters. The van der Waals surface area contributed by atoms with Crippen molar-refractivity contribution in [2.75, 3.05) is 6.73 Å². The molecule has 0 fully saturated rings. The first kappa shape index (κ1) is 16.8. The average Bonchev–Trinajstić information content (AvgIpc) is 2.64. The number of ether oxygens (including phenoxy) is 1. The highest BCUT2D eigenvalue weighted by Gasteiger charge is 2.23. The van der Waals surface area contributed by atoms with Crippen LogP contribution in [0.2, 0.25) is 0 Å². The maximum absolute atomic E-state index is 13.1. The molecule has 134 valence electrons. The van der Waals surface area contributed by atoms with Gasteiger partial charge in [0, 0.05) is 24.0 Å². The number of rotatable bonds is 3. The van der Waals surface area contributed by atoms with E-state index in [4.69, 9.17) is 9.15 Å². The van der Waals surface area contributed by atoms with Gasteiger partial charge in [-0.3, -0.25) is 4.90 Å². The monoisotopic (exact) mass is 353 g/mol. The normalized spacial score (nSPS) is 14.3. The number of hydrogen-bond acceptors (Lipinski definition) is 4. The minimum atomic E-state index is -0.276. The van der Waals surface area contributed by atoms with E-state index in [-0.39, 0.29) is 11.4 Å². The van der Waals surface area contributed by atoms with Crippen molar-refractivity contribution in [1.82, 2.24) is 4.90 Å². The third kappa shape index (κ3) is 2.88. The summed E-state index contributed by atoms with van der Waals surface area (Å²) >= 11 is 0. The van der Waals surface area contributed by atoms with Gasteiger partial charge in [-0.15, -0.1) is 0 Å². The first-order valence-electron chi connectivity index (χ1n) is 8.74. The molecule has 2 aromatic carbocycles. The zero-order chi connectivity index (χ0) is 18.3. The smallest absolute Gasteiger partial charge is 0.339 e. The second-order valence-electron chi connectivity index (χ2n) is 6.65. The maximum atomic E-state index is 13.1. The lowest BCUT2D eigenvalue weighted by molar-refractivity contribution is 0.0889. The van der Waals surface area contributed by atoms with Crippen molar-refractivity contribution < 1.29 is 13.5 Å². The van der Waals surface area contributed by atoms with Crippen LogP contribution < -0.4 is 10.4 Å². The summed E-state index contributed by atoms with van der Waals surface area (Å²) in [7, 11) is 0. The summed E-state index contributed by atoms with van der Waals surface area (Å²) in [5.74, 6) is 0.503. The van der Waals surface area contributed by atoms with Crippen LogP contribution in [-0.2, 0) is 19.5 Å². The van der Waals surface area contributed by atoms with E-state index in [1.807, 2.05) is 26.0 Å². The van der Waals surface area contributed by atoms with Crippen LogP contribution in [0.25, 0.3) is 11.0 Å². The molecular formula is C21H20FNO3. The number of nitrogens with zero attached hydrogens (tertiary/aromatic N) is 1. The molecule has 0 unspecified atom stereocenters. The summed E-state index contributed by atoms with van der Waals surface area (Å²) in [4.78, 5) is 14.4. The van der Waals surface area contributed by atoms with E-state index in [0.29, 0.717) is 31.8 Å². The predicted octanol–water partition coefficient (Wildman–Crippen LogP) is 4.16. The maximum Gasteiger partial charge on any atom is 0.339 e. The summed E-state index contributed by atoms with van der Waals surface area (Å²) < 4.78 is 24.6. The molecular weight excluding hydrogens is 333 g/mol. The Kier molecular flexibility index (Phi) is 4.24. The highest BCUT2D eigenvalue weighted by Crippen LogP contribution is 2.34. The lowest BCUT2D eigenvalue weighted by Gasteiger charge is -2.29. The molecule has 0 saturated heterocycles. The molecule has 0 radical (unpaired) electrons. The fourth-order valence-corrected chi connectivity index (χ4v) is 3.57. The van der Waals surface area contributed by atoms with Gasteiger partial charge in [-0.25, -0.2) is 9.18 Å². The topological polar surface area (TPSA) is 42.7 Å². The Labute approximate surface area is 150 Å². The third-order valence-corrected chi connectivity index (χ3v) is 4.97. The predicted molar refractivity (Wildman–Crippen MR) is 97.7 cm³/mol. The average molecular weight is 353 g/mol. The van der Waals surface area contributed by atoms with E-state index in [1.165, 1.54) is 12.1 Å². The third-order valence-electron chi connectivity index (χ3n) is 4.97. The highest BCUT2D eigenvalue weighted by atomic mass is 19.1. The Bertz CT molecular complexity index is 1020. The zero-order valence-corrected chi connectivity index (χ0v) is 14.8. The minimum absolute atomic E-state index is 0.246. The van der Waals surface area contributed by atoms with E-state index in [9.17, 15) is 9.18 Å². The summed E-state index contributed by atoms with van der Waals surface area (Å²) in [6.07, 6.45) is 0.647. The Morgan fingerprint density at radius 1 is 1.15 bits per heavy atom. The van der Waals surface area contributed by atoms with Crippen molar-refractivity contribution in [3.8, 4) is 5.75 Å². The highest BCUT2D eigenvalue weighted by molar-refractivity contribution is 5.86. The molecule has 4 nitrogen and oxygen atoms in total. The second-order valence-corrected chi connectivity index (χ2v) is 6.65. The summed E-state index contributed by atoms with van der Waals surface area (Å²) in [6, 6.07) is 10.4. The van der Waals surface area contributed by atoms with Gasteiger partial charge in [0.15, 0.2) is 0 Å².